The molecule has 0 aliphatic rings. The summed E-state index contributed by atoms with van der Waals surface area (Å²) in [5.74, 6) is 1.51. The third-order valence-corrected chi connectivity index (χ3v) is 4.91. The lowest BCUT2D eigenvalue weighted by molar-refractivity contribution is 0.233. The van der Waals surface area contributed by atoms with Gasteiger partial charge in [-0.1, -0.05) is 45.2 Å². The van der Waals surface area contributed by atoms with Crippen molar-refractivity contribution in [3.8, 4) is 16.9 Å². The van der Waals surface area contributed by atoms with E-state index in [1.54, 1.807) is 12.4 Å². The first-order chi connectivity index (χ1) is 14.3. The second-order valence-electron chi connectivity index (χ2n) is 7.10. The second kappa shape index (κ2) is 11.1. The number of hydrogen-bond acceptors (Lipinski definition) is 5. The van der Waals surface area contributed by atoms with Crippen LogP contribution in [0, 0.1) is 5.92 Å². The normalized spacial score (nSPS) is 12.2. The molecule has 2 aromatic carbocycles. The van der Waals surface area contributed by atoms with Gasteiger partial charge in [0.15, 0.2) is 0 Å². The van der Waals surface area contributed by atoms with Crippen molar-refractivity contribution in [2.24, 2.45) is 16.1 Å². The summed E-state index contributed by atoms with van der Waals surface area (Å²) in [6.07, 6.45) is 10.00. The maximum absolute atomic E-state index is 5.95. The molecule has 0 aliphatic carbocycles. The number of ether oxygens (including phenoxy) is 1. The van der Waals surface area contributed by atoms with Gasteiger partial charge >= 0.3 is 0 Å². The van der Waals surface area contributed by atoms with E-state index in [1.807, 2.05) is 48.5 Å². The summed E-state index contributed by atoms with van der Waals surface area (Å²) >= 11 is 0. The molecule has 0 bridgehead atoms. The molecular formula is C24H28N4O. The standard InChI is InChI=1S/C24H28N4O/c1-3-5-6-19(4-2)17-29-24-13-11-23(12-14-24)28-27-22-9-7-20(8-10-22)21-15-25-18-26-16-21/h7-16,18-19H,3-6,17H2,1-2H3. The predicted octanol–water partition coefficient (Wildman–Crippen LogP) is 7.15. The van der Waals surface area contributed by atoms with Gasteiger partial charge in [0, 0.05) is 18.0 Å². The molecular weight excluding hydrogens is 360 g/mol. The van der Waals surface area contributed by atoms with E-state index in [-0.39, 0.29) is 0 Å². The lowest BCUT2D eigenvalue weighted by Gasteiger charge is -2.15. The molecule has 1 atom stereocenters. The number of rotatable bonds is 10. The Kier molecular flexibility index (Phi) is 7.87. The van der Waals surface area contributed by atoms with Gasteiger partial charge in [0.05, 0.1) is 18.0 Å². The van der Waals surface area contributed by atoms with Gasteiger partial charge in [0.1, 0.15) is 12.1 Å². The molecule has 0 radical (unpaired) electrons. The zero-order chi connectivity index (χ0) is 20.3. The highest BCUT2D eigenvalue weighted by Gasteiger charge is 2.07. The van der Waals surface area contributed by atoms with Gasteiger partial charge in [-0.2, -0.15) is 10.2 Å². The highest BCUT2D eigenvalue weighted by Crippen LogP contribution is 2.25. The molecule has 1 aromatic heterocycles. The number of azo groups is 1. The van der Waals surface area contributed by atoms with Crippen LogP contribution in [0.1, 0.15) is 39.5 Å². The van der Waals surface area contributed by atoms with Gasteiger partial charge in [-0.25, -0.2) is 9.97 Å². The molecule has 5 nitrogen and oxygen atoms in total. The number of aromatic nitrogens is 2. The fourth-order valence-corrected chi connectivity index (χ4v) is 3.01. The average Bonchev–Trinajstić information content (AvgIpc) is 2.79. The minimum absolute atomic E-state index is 0.625. The highest BCUT2D eigenvalue weighted by atomic mass is 16.5. The van der Waals surface area contributed by atoms with Gasteiger partial charge in [-0.15, -0.1) is 0 Å². The van der Waals surface area contributed by atoms with E-state index in [0.29, 0.717) is 5.92 Å². The molecule has 0 amide bonds. The van der Waals surface area contributed by atoms with Gasteiger partial charge in [0.2, 0.25) is 0 Å². The van der Waals surface area contributed by atoms with Gasteiger partial charge < -0.3 is 4.74 Å². The van der Waals surface area contributed by atoms with Crippen LogP contribution in [-0.2, 0) is 0 Å². The van der Waals surface area contributed by atoms with E-state index in [1.165, 1.54) is 25.6 Å². The Bertz CT molecular complexity index is 877. The highest BCUT2D eigenvalue weighted by molar-refractivity contribution is 5.63. The van der Waals surface area contributed by atoms with Gasteiger partial charge in [-0.05, 0) is 54.3 Å². The van der Waals surface area contributed by atoms with Crippen LogP contribution in [0.15, 0.2) is 77.5 Å². The average molecular weight is 389 g/mol. The molecule has 5 heteroatoms. The van der Waals surface area contributed by atoms with Gasteiger partial charge in [-0.3, -0.25) is 0 Å². The predicted molar refractivity (Wildman–Crippen MR) is 117 cm³/mol. The molecule has 0 aliphatic heterocycles. The smallest absolute Gasteiger partial charge is 0.119 e. The molecule has 3 rings (SSSR count). The molecule has 0 spiro atoms. The number of hydrogen-bond donors (Lipinski definition) is 0. The number of unbranched alkanes of at least 4 members (excludes halogenated alkanes) is 1. The Morgan fingerprint density at radius 3 is 2.03 bits per heavy atom. The lowest BCUT2D eigenvalue weighted by Crippen LogP contribution is -2.11. The monoisotopic (exact) mass is 388 g/mol. The van der Waals surface area contributed by atoms with Gasteiger partial charge in [0.25, 0.3) is 0 Å². The molecule has 1 heterocycles. The van der Waals surface area contributed by atoms with Crippen LogP contribution >= 0.6 is 0 Å². The van der Waals surface area contributed by atoms with Crippen LogP contribution in [-0.4, -0.2) is 16.6 Å². The fourth-order valence-electron chi connectivity index (χ4n) is 3.01. The zero-order valence-corrected chi connectivity index (χ0v) is 17.2. The Balaban J connectivity index is 1.54. The second-order valence-corrected chi connectivity index (χ2v) is 7.10. The first kappa shape index (κ1) is 20.6. The molecule has 0 N–H and O–H groups in total. The number of nitrogens with zero attached hydrogens (tertiary/aromatic N) is 4. The Morgan fingerprint density at radius 1 is 0.828 bits per heavy atom. The quantitative estimate of drug-likeness (QED) is 0.346. The molecule has 3 aromatic rings. The molecule has 0 fully saturated rings. The van der Waals surface area contributed by atoms with Crippen molar-refractivity contribution in [2.45, 2.75) is 39.5 Å². The topological polar surface area (TPSA) is 59.7 Å². The van der Waals surface area contributed by atoms with Crippen LogP contribution in [0.5, 0.6) is 5.75 Å². The van der Waals surface area contributed by atoms with Crippen molar-refractivity contribution in [3.63, 3.8) is 0 Å². The Morgan fingerprint density at radius 2 is 1.45 bits per heavy atom. The minimum atomic E-state index is 0.625. The molecule has 1 unspecified atom stereocenters. The summed E-state index contributed by atoms with van der Waals surface area (Å²) in [4.78, 5) is 8.09. The van der Waals surface area contributed by atoms with Crippen molar-refractivity contribution in [2.75, 3.05) is 6.61 Å². The van der Waals surface area contributed by atoms with E-state index in [0.717, 1.165) is 41.3 Å². The minimum Gasteiger partial charge on any atom is -0.493 e. The van der Waals surface area contributed by atoms with E-state index in [4.69, 9.17) is 4.74 Å². The molecule has 29 heavy (non-hydrogen) atoms. The summed E-state index contributed by atoms with van der Waals surface area (Å²) < 4.78 is 5.95. The van der Waals surface area contributed by atoms with Crippen LogP contribution in [0.25, 0.3) is 11.1 Å². The Hall–Kier alpha value is -3.08. The molecule has 0 saturated heterocycles. The Labute approximate surface area is 172 Å². The summed E-state index contributed by atoms with van der Waals surface area (Å²) in [6, 6.07) is 15.6. The van der Waals surface area contributed by atoms with Crippen LogP contribution < -0.4 is 4.74 Å². The maximum atomic E-state index is 5.95. The van der Waals surface area contributed by atoms with Crippen LogP contribution in [0.3, 0.4) is 0 Å². The summed E-state index contributed by atoms with van der Waals surface area (Å²) in [6.45, 7) is 5.23. The van der Waals surface area contributed by atoms with E-state index in [9.17, 15) is 0 Å². The zero-order valence-electron chi connectivity index (χ0n) is 17.2. The largest absolute Gasteiger partial charge is 0.493 e. The lowest BCUT2D eigenvalue weighted by atomic mass is 10.0. The van der Waals surface area contributed by atoms with Crippen molar-refractivity contribution in [1.82, 2.24) is 9.97 Å². The molecule has 0 saturated carbocycles. The summed E-state index contributed by atoms with van der Waals surface area (Å²) in [7, 11) is 0. The van der Waals surface area contributed by atoms with Crippen molar-refractivity contribution < 1.29 is 4.74 Å². The van der Waals surface area contributed by atoms with E-state index >= 15 is 0 Å². The van der Waals surface area contributed by atoms with Crippen molar-refractivity contribution in [3.05, 3.63) is 67.3 Å². The van der Waals surface area contributed by atoms with Crippen molar-refractivity contribution in [1.29, 1.82) is 0 Å². The third kappa shape index (κ3) is 6.49. The summed E-state index contributed by atoms with van der Waals surface area (Å²) in [5, 5.41) is 8.63. The SMILES string of the molecule is CCCCC(CC)COc1ccc(N=Nc2ccc(-c3cncnc3)cc2)cc1. The molecule has 150 valence electrons. The van der Waals surface area contributed by atoms with Crippen LogP contribution in [0.2, 0.25) is 0 Å². The first-order valence-corrected chi connectivity index (χ1v) is 10.3. The maximum Gasteiger partial charge on any atom is 0.119 e. The summed E-state index contributed by atoms with van der Waals surface area (Å²) in [5.41, 5.74) is 3.63. The fraction of sp³-hybridized carbons (Fsp3) is 0.333. The van der Waals surface area contributed by atoms with E-state index < -0.39 is 0 Å². The van der Waals surface area contributed by atoms with Crippen LogP contribution in [0.4, 0.5) is 11.4 Å². The van der Waals surface area contributed by atoms with Crippen molar-refractivity contribution >= 4 is 11.4 Å². The first-order valence-electron chi connectivity index (χ1n) is 10.3. The number of benzene rings is 2. The third-order valence-electron chi connectivity index (χ3n) is 4.91. The van der Waals surface area contributed by atoms with E-state index in [2.05, 4.69) is 34.0 Å².